The summed E-state index contributed by atoms with van der Waals surface area (Å²) in [5.41, 5.74) is 1.94. The predicted molar refractivity (Wildman–Crippen MR) is 91.1 cm³/mol. The fraction of sp³-hybridized carbons (Fsp3) is 0.571. The van der Waals surface area contributed by atoms with Crippen LogP contribution in [-0.4, -0.2) is 61.2 Å². The number of aryl methyl sites for hydroxylation is 2. The van der Waals surface area contributed by atoms with Gasteiger partial charge >= 0.3 is 5.97 Å². The second-order valence-electron chi connectivity index (χ2n) is 5.56. The van der Waals surface area contributed by atoms with Gasteiger partial charge in [0.05, 0.1) is 13.8 Å². The number of rotatable bonds is 3. The van der Waals surface area contributed by atoms with Gasteiger partial charge in [0.1, 0.15) is 5.25 Å². The number of nitrogens with zero attached hydrogens (tertiary/aromatic N) is 5. The smallest absolute Gasteiger partial charge is 0.320 e. The van der Waals surface area contributed by atoms with Crippen LogP contribution in [0.25, 0.3) is 5.78 Å². The van der Waals surface area contributed by atoms with E-state index < -0.39 is 0 Å². The fourth-order valence-electron chi connectivity index (χ4n) is 2.72. The van der Waals surface area contributed by atoms with Crippen LogP contribution >= 0.6 is 24.0 Å². The maximum atomic E-state index is 11.7. The second-order valence-corrected chi connectivity index (χ2v) is 7.23. The largest absolute Gasteiger partial charge is 0.468 e. The van der Waals surface area contributed by atoms with Crippen molar-refractivity contribution in [3.05, 3.63) is 22.2 Å². The molecule has 2 aromatic rings. The van der Waals surface area contributed by atoms with Crippen LogP contribution in [0.3, 0.4) is 0 Å². The van der Waals surface area contributed by atoms with Gasteiger partial charge < -0.3 is 4.74 Å². The van der Waals surface area contributed by atoms with Crippen molar-refractivity contribution in [3.8, 4) is 0 Å². The minimum Gasteiger partial charge on any atom is -0.468 e. The molecule has 3 rings (SSSR count). The van der Waals surface area contributed by atoms with Gasteiger partial charge in [-0.15, -0.1) is 16.9 Å². The van der Waals surface area contributed by atoms with E-state index in [1.807, 2.05) is 24.3 Å². The number of thioether (sulfide) groups is 1. The number of methoxy groups -OCH3 is 1. The number of hydrogen-bond donors (Lipinski definition) is 0. The van der Waals surface area contributed by atoms with E-state index in [-0.39, 0.29) is 11.2 Å². The molecule has 124 valence electrons. The van der Waals surface area contributed by atoms with Gasteiger partial charge in [0, 0.05) is 30.2 Å². The highest BCUT2D eigenvalue weighted by Crippen LogP contribution is 2.20. The third-order valence-electron chi connectivity index (χ3n) is 3.82. The summed E-state index contributed by atoms with van der Waals surface area (Å²) in [6.07, 6.45) is 0. The first-order valence-electron chi connectivity index (χ1n) is 7.35. The van der Waals surface area contributed by atoms with Crippen LogP contribution in [0.1, 0.15) is 11.4 Å². The van der Waals surface area contributed by atoms with Crippen LogP contribution in [-0.2, 0) is 16.2 Å². The summed E-state index contributed by atoms with van der Waals surface area (Å²) in [5, 5.41) is 4.37. The van der Waals surface area contributed by atoms with E-state index in [0.717, 1.165) is 23.7 Å². The molecule has 1 saturated heterocycles. The number of carbonyl (C=O) groups is 1. The Morgan fingerprint density at radius 1 is 1.52 bits per heavy atom. The van der Waals surface area contributed by atoms with Crippen molar-refractivity contribution < 1.29 is 9.53 Å². The molecule has 0 saturated carbocycles. The van der Waals surface area contributed by atoms with Gasteiger partial charge in [-0.1, -0.05) is 0 Å². The molecule has 1 aliphatic heterocycles. The van der Waals surface area contributed by atoms with Crippen LogP contribution in [0.2, 0.25) is 0 Å². The molecule has 1 fully saturated rings. The fourth-order valence-corrected chi connectivity index (χ4v) is 4.24. The first kappa shape index (κ1) is 16.4. The second kappa shape index (κ2) is 6.58. The average Bonchev–Trinajstić information content (AvgIpc) is 2.82. The maximum absolute atomic E-state index is 11.7. The Morgan fingerprint density at radius 2 is 2.30 bits per heavy atom. The molecule has 0 radical (unpaired) electrons. The minimum atomic E-state index is -0.175. The Hall–Kier alpha value is -1.45. The lowest BCUT2D eigenvalue weighted by Crippen LogP contribution is -2.42. The topological polar surface area (TPSA) is 64.7 Å². The van der Waals surface area contributed by atoms with Crippen molar-refractivity contribution in [1.82, 2.24) is 24.1 Å². The molecule has 1 aliphatic rings. The molecule has 2 aromatic heterocycles. The van der Waals surface area contributed by atoms with Gasteiger partial charge in [-0.25, -0.2) is 9.67 Å². The SMILES string of the molecule is COC(=O)[C@@H]1CN(Cn2nc3nc(C)cc(C)n3c2=S)CCS1. The van der Waals surface area contributed by atoms with E-state index in [9.17, 15) is 4.79 Å². The van der Waals surface area contributed by atoms with Gasteiger partial charge in [-0.05, 0) is 32.1 Å². The highest BCUT2D eigenvalue weighted by Gasteiger charge is 2.27. The van der Waals surface area contributed by atoms with Gasteiger partial charge in [0.2, 0.25) is 4.77 Å². The minimum absolute atomic E-state index is 0.151. The van der Waals surface area contributed by atoms with Crippen LogP contribution < -0.4 is 0 Å². The normalized spacial score (nSPS) is 19.2. The number of fused-ring (bicyclic) bond motifs is 1. The molecule has 0 aliphatic carbocycles. The van der Waals surface area contributed by atoms with Gasteiger partial charge in [-0.2, -0.15) is 0 Å². The molecule has 0 N–H and O–H groups in total. The summed E-state index contributed by atoms with van der Waals surface area (Å²) < 4.78 is 9.11. The van der Waals surface area contributed by atoms with Crippen LogP contribution in [0.15, 0.2) is 6.07 Å². The summed E-state index contributed by atoms with van der Waals surface area (Å²) in [6.45, 7) is 6.01. The summed E-state index contributed by atoms with van der Waals surface area (Å²) in [7, 11) is 1.43. The summed E-state index contributed by atoms with van der Waals surface area (Å²) >= 11 is 7.16. The molecule has 0 amide bonds. The quantitative estimate of drug-likeness (QED) is 0.611. The number of esters is 1. The third-order valence-corrected chi connectivity index (χ3v) is 5.37. The van der Waals surface area contributed by atoms with E-state index >= 15 is 0 Å². The number of carbonyl (C=O) groups excluding carboxylic acids is 1. The molecule has 0 bridgehead atoms. The highest BCUT2D eigenvalue weighted by atomic mass is 32.2. The van der Waals surface area contributed by atoms with Crippen molar-refractivity contribution >= 4 is 35.7 Å². The molecule has 0 unspecified atom stereocenters. The Balaban J connectivity index is 1.84. The van der Waals surface area contributed by atoms with Crippen LogP contribution in [0.5, 0.6) is 0 Å². The van der Waals surface area contributed by atoms with Crippen molar-refractivity contribution in [2.45, 2.75) is 25.8 Å². The first-order valence-corrected chi connectivity index (χ1v) is 8.81. The Kier molecular flexibility index (Phi) is 4.69. The zero-order valence-electron chi connectivity index (χ0n) is 13.4. The first-order chi connectivity index (χ1) is 11.0. The maximum Gasteiger partial charge on any atom is 0.320 e. The van der Waals surface area contributed by atoms with E-state index in [1.54, 1.807) is 16.4 Å². The molecule has 3 heterocycles. The molecular formula is C14H19N5O2S2. The molecule has 0 aromatic carbocycles. The van der Waals surface area contributed by atoms with Gasteiger partial charge in [-0.3, -0.25) is 14.1 Å². The van der Waals surface area contributed by atoms with Crippen molar-refractivity contribution in [2.75, 3.05) is 26.0 Å². The van der Waals surface area contributed by atoms with Crippen LogP contribution in [0.4, 0.5) is 0 Å². The van der Waals surface area contributed by atoms with Crippen molar-refractivity contribution in [3.63, 3.8) is 0 Å². The average molecular weight is 353 g/mol. The Labute approximate surface area is 143 Å². The monoisotopic (exact) mass is 353 g/mol. The lowest BCUT2D eigenvalue weighted by Gasteiger charge is -2.30. The molecule has 7 nitrogen and oxygen atoms in total. The van der Waals surface area contributed by atoms with E-state index in [2.05, 4.69) is 15.0 Å². The molecule has 1 atom stereocenters. The van der Waals surface area contributed by atoms with Gasteiger partial charge in [0.25, 0.3) is 5.78 Å². The Bertz CT molecular complexity index is 800. The van der Waals surface area contributed by atoms with Crippen molar-refractivity contribution in [2.24, 2.45) is 0 Å². The number of hydrogen-bond acceptors (Lipinski definition) is 7. The summed E-state index contributed by atoms with van der Waals surface area (Å²) in [6, 6.07) is 1.99. The molecule has 0 spiro atoms. The third kappa shape index (κ3) is 3.26. The zero-order valence-corrected chi connectivity index (χ0v) is 15.0. The lowest BCUT2D eigenvalue weighted by atomic mass is 10.3. The van der Waals surface area contributed by atoms with Crippen molar-refractivity contribution in [1.29, 1.82) is 0 Å². The molecule has 23 heavy (non-hydrogen) atoms. The predicted octanol–water partition coefficient (Wildman–Crippen LogP) is 1.43. The lowest BCUT2D eigenvalue weighted by molar-refractivity contribution is -0.140. The van der Waals surface area contributed by atoms with E-state index in [0.29, 0.717) is 23.8 Å². The van der Waals surface area contributed by atoms with Crippen LogP contribution in [0, 0.1) is 18.6 Å². The number of aromatic nitrogens is 4. The van der Waals surface area contributed by atoms with E-state index in [4.69, 9.17) is 17.0 Å². The highest BCUT2D eigenvalue weighted by molar-refractivity contribution is 8.00. The Morgan fingerprint density at radius 3 is 3.04 bits per heavy atom. The molecular weight excluding hydrogens is 334 g/mol. The van der Waals surface area contributed by atoms with E-state index in [1.165, 1.54) is 7.11 Å². The summed E-state index contributed by atoms with van der Waals surface area (Å²) in [5.74, 6) is 1.33. The molecule has 9 heteroatoms. The summed E-state index contributed by atoms with van der Waals surface area (Å²) in [4.78, 5) is 18.3. The zero-order chi connectivity index (χ0) is 16.6. The number of ether oxygens (including phenoxy) is 1. The van der Waals surface area contributed by atoms with Gasteiger partial charge in [0.15, 0.2) is 0 Å². The standard InChI is InChI=1S/C14H19N5O2S2/c1-9-6-10(2)19-13(15-9)16-18(14(19)22)8-17-4-5-23-11(7-17)12(20)21-3/h6,11H,4-5,7-8H2,1-3H3/t11-/m0/s1.